The molecule has 0 unspecified atom stereocenters. The van der Waals surface area contributed by atoms with E-state index in [2.05, 4.69) is 10.3 Å². The predicted molar refractivity (Wildman–Crippen MR) is 110 cm³/mol. The van der Waals surface area contributed by atoms with E-state index in [1.807, 2.05) is 18.2 Å². The van der Waals surface area contributed by atoms with Crippen molar-refractivity contribution in [3.8, 4) is 11.5 Å². The van der Waals surface area contributed by atoms with Gasteiger partial charge in [-0.2, -0.15) is 0 Å². The maximum absolute atomic E-state index is 11.0. The summed E-state index contributed by atoms with van der Waals surface area (Å²) in [6, 6.07) is 5.90. The fourth-order valence-corrected chi connectivity index (χ4v) is 5.18. The van der Waals surface area contributed by atoms with Crippen LogP contribution in [0.15, 0.2) is 18.2 Å². The summed E-state index contributed by atoms with van der Waals surface area (Å²) < 4.78 is 10.8. The molecule has 0 fully saturated rings. The third kappa shape index (κ3) is 3.60. The number of carboxylic acid groups (broad SMARTS) is 1. The number of carboxylic acids is 1. The fourth-order valence-electron chi connectivity index (χ4n) is 3.90. The summed E-state index contributed by atoms with van der Waals surface area (Å²) in [4.78, 5) is 22.7. The van der Waals surface area contributed by atoms with Crippen LogP contribution in [-0.4, -0.2) is 27.8 Å². The summed E-state index contributed by atoms with van der Waals surface area (Å²) in [5.74, 6) is 2.06. The quantitative estimate of drug-likeness (QED) is 0.635. The van der Waals surface area contributed by atoms with Gasteiger partial charge in [-0.05, 0) is 48.9 Å². The van der Waals surface area contributed by atoms with Gasteiger partial charge in [0.25, 0.3) is 0 Å². The lowest BCUT2D eigenvalue weighted by atomic mass is 9.97. The Morgan fingerprint density at radius 1 is 1.17 bits per heavy atom. The van der Waals surface area contributed by atoms with Gasteiger partial charge in [0.1, 0.15) is 16.5 Å². The molecule has 7 nitrogen and oxygen atoms in total. The molecule has 1 aromatic carbocycles. The van der Waals surface area contributed by atoms with Crippen LogP contribution in [0.5, 0.6) is 11.5 Å². The molecule has 3 aromatic rings. The van der Waals surface area contributed by atoms with Crippen LogP contribution in [0.4, 0.5) is 5.82 Å². The average molecular weight is 411 g/mol. The monoisotopic (exact) mass is 411 g/mol. The number of nitrogens with zero attached hydrogens (tertiary/aromatic N) is 2. The molecule has 2 aliphatic rings. The Kier molecular flexibility index (Phi) is 4.71. The summed E-state index contributed by atoms with van der Waals surface area (Å²) in [6.45, 7) is 0.846. The van der Waals surface area contributed by atoms with Crippen molar-refractivity contribution in [2.24, 2.45) is 0 Å². The van der Waals surface area contributed by atoms with Gasteiger partial charge in [0.2, 0.25) is 6.79 Å². The second-order valence-corrected chi connectivity index (χ2v) is 8.40. The van der Waals surface area contributed by atoms with Gasteiger partial charge in [0.05, 0.1) is 11.8 Å². The van der Waals surface area contributed by atoms with E-state index in [0.29, 0.717) is 18.8 Å². The smallest absolute Gasteiger partial charge is 0.303 e. The molecule has 0 saturated carbocycles. The Balaban J connectivity index is 1.48. The minimum absolute atomic E-state index is 0.0260. The zero-order valence-electron chi connectivity index (χ0n) is 15.9. The van der Waals surface area contributed by atoms with Crippen LogP contribution in [-0.2, 0) is 30.6 Å². The summed E-state index contributed by atoms with van der Waals surface area (Å²) >= 11 is 1.73. The standard InChI is InChI=1S/C21H21N3O4S/c25-18(26)8-7-17-23-20(19-13-3-1-2-4-16(13)29-21(19)24-17)22-10-12-5-6-14-15(9-12)28-11-27-14/h5-6,9H,1-4,7-8,10-11H2,(H,25,26)(H,22,23,24). The Labute approximate surface area is 171 Å². The van der Waals surface area contributed by atoms with E-state index < -0.39 is 5.97 Å². The van der Waals surface area contributed by atoms with E-state index in [0.717, 1.165) is 45.9 Å². The number of carbonyl (C=O) groups is 1. The Hall–Kier alpha value is -2.87. The van der Waals surface area contributed by atoms with Crippen molar-refractivity contribution in [1.29, 1.82) is 0 Å². The number of thiophene rings is 1. The SMILES string of the molecule is O=C(O)CCc1nc(NCc2ccc3c(c2)OCO3)c2c3c(sc2n1)CCCC3. The topological polar surface area (TPSA) is 93.6 Å². The largest absolute Gasteiger partial charge is 0.481 e. The third-order valence-corrected chi connectivity index (χ3v) is 6.51. The van der Waals surface area contributed by atoms with E-state index in [-0.39, 0.29) is 13.2 Å². The zero-order chi connectivity index (χ0) is 19.8. The summed E-state index contributed by atoms with van der Waals surface area (Å²) in [5.41, 5.74) is 2.42. The first kappa shape index (κ1) is 18.2. The van der Waals surface area contributed by atoms with Gasteiger partial charge < -0.3 is 19.9 Å². The number of aromatic nitrogens is 2. The lowest BCUT2D eigenvalue weighted by Crippen LogP contribution is -2.08. The Morgan fingerprint density at radius 2 is 2.03 bits per heavy atom. The molecule has 0 spiro atoms. The zero-order valence-corrected chi connectivity index (χ0v) is 16.7. The van der Waals surface area contributed by atoms with Crippen LogP contribution in [0.1, 0.15) is 41.1 Å². The highest BCUT2D eigenvalue weighted by molar-refractivity contribution is 7.19. The molecule has 0 atom stereocenters. The van der Waals surface area contributed by atoms with Gasteiger partial charge in [-0.1, -0.05) is 6.07 Å². The van der Waals surface area contributed by atoms with Crippen LogP contribution in [0.25, 0.3) is 10.2 Å². The van der Waals surface area contributed by atoms with E-state index in [1.165, 1.54) is 23.3 Å². The van der Waals surface area contributed by atoms with Gasteiger partial charge in [-0.15, -0.1) is 11.3 Å². The minimum Gasteiger partial charge on any atom is -0.481 e. The molecular weight excluding hydrogens is 390 g/mol. The molecule has 0 bridgehead atoms. The number of nitrogens with one attached hydrogen (secondary N) is 1. The van der Waals surface area contributed by atoms with E-state index >= 15 is 0 Å². The highest BCUT2D eigenvalue weighted by Gasteiger charge is 2.21. The average Bonchev–Trinajstić information content (AvgIpc) is 3.34. The first-order valence-electron chi connectivity index (χ1n) is 9.83. The van der Waals surface area contributed by atoms with Crippen molar-refractivity contribution in [2.75, 3.05) is 12.1 Å². The molecule has 0 radical (unpaired) electrons. The molecular formula is C21H21N3O4S. The normalized spacial score (nSPS) is 14.8. The van der Waals surface area contributed by atoms with Crippen molar-refractivity contribution >= 4 is 33.3 Å². The molecule has 3 heterocycles. The summed E-state index contributed by atoms with van der Waals surface area (Å²) in [7, 11) is 0. The summed E-state index contributed by atoms with van der Waals surface area (Å²) in [6.07, 6.45) is 4.87. The second kappa shape index (κ2) is 7.51. The van der Waals surface area contributed by atoms with Gasteiger partial charge >= 0.3 is 5.97 Å². The molecule has 29 heavy (non-hydrogen) atoms. The van der Waals surface area contributed by atoms with Crippen molar-refractivity contribution in [1.82, 2.24) is 9.97 Å². The highest BCUT2D eigenvalue weighted by Crippen LogP contribution is 2.39. The van der Waals surface area contributed by atoms with Crippen molar-refractivity contribution in [2.45, 2.75) is 45.1 Å². The molecule has 8 heteroatoms. The number of hydrogen-bond acceptors (Lipinski definition) is 7. The predicted octanol–water partition coefficient (Wildman–Crippen LogP) is 3.93. The first-order chi connectivity index (χ1) is 14.2. The molecule has 2 aromatic heterocycles. The fraction of sp³-hybridized carbons (Fsp3) is 0.381. The highest BCUT2D eigenvalue weighted by atomic mass is 32.1. The molecule has 1 aliphatic heterocycles. The lowest BCUT2D eigenvalue weighted by Gasteiger charge is -2.13. The molecule has 0 amide bonds. The van der Waals surface area contributed by atoms with Gasteiger partial charge in [0.15, 0.2) is 11.5 Å². The maximum Gasteiger partial charge on any atom is 0.303 e. The third-order valence-electron chi connectivity index (χ3n) is 5.32. The molecule has 1 aliphatic carbocycles. The number of aliphatic carboxylic acids is 1. The number of benzene rings is 1. The van der Waals surface area contributed by atoms with Crippen molar-refractivity contribution in [3.05, 3.63) is 40.0 Å². The Morgan fingerprint density at radius 3 is 2.93 bits per heavy atom. The van der Waals surface area contributed by atoms with Crippen LogP contribution in [0.2, 0.25) is 0 Å². The van der Waals surface area contributed by atoms with Gasteiger partial charge in [-0.25, -0.2) is 9.97 Å². The van der Waals surface area contributed by atoms with Gasteiger partial charge in [-0.3, -0.25) is 4.79 Å². The molecule has 5 rings (SSSR count). The number of hydrogen-bond donors (Lipinski definition) is 2. The minimum atomic E-state index is -0.839. The lowest BCUT2D eigenvalue weighted by molar-refractivity contribution is -0.137. The first-order valence-corrected chi connectivity index (χ1v) is 10.6. The second-order valence-electron chi connectivity index (χ2n) is 7.31. The van der Waals surface area contributed by atoms with Crippen LogP contribution >= 0.6 is 11.3 Å². The number of aryl methyl sites for hydroxylation is 3. The van der Waals surface area contributed by atoms with E-state index in [1.54, 1.807) is 11.3 Å². The van der Waals surface area contributed by atoms with Crippen LogP contribution in [0, 0.1) is 0 Å². The maximum atomic E-state index is 11.0. The number of anilines is 1. The van der Waals surface area contributed by atoms with E-state index in [9.17, 15) is 4.79 Å². The van der Waals surface area contributed by atoms with Crippen molar-refractivity contribution < 1.29 is 19.4 Å². The molecule has 2 N–H and O–H groups in total. The summed E-state index contributed by atoms with van der Waals surface area (Å²) in [5, 5.41) is 13.6. The number of ether oxygens (including phenoxy) is 2. The number of fused-ring (bicyclic) bond motifs is 4. The van der Waals surface area contributed by atoms with Crippen LogP contribution < -0.4 is 14.8 Å². The van der Waals surface area contributed by atoms with Gasteiger partial charge in [0, 0.05) is 17.8 Å². The molecule has 150 valence electrons. The molecule has 0 saturated heterocycles. The number of rotatable bonds is 6. The Bertz CT molecular complexity index is 1100. The van der Waals surface area contributed by atoms with Crippen LogP contribution in [0.3, 0.4) is 0 Å². The van der Waals surface area contributed by atoms with Crippen molar-refractivity contribution in [3.63, 3.8) is 0 Å². The van der Waals surface area contributed by atoms with E-state index in [4.69, 9.17) is 19.6 Å².